The summed E-state index contributed by atoms with van der Waals surface area (Å²) in [7, 11) is 0. The van der Waals surface area contributed by atoms with Gasteiger partial charge in [0.25, 0.3) is 0 Å². The summed E-state index contributed by atoms with van der Waals surface area (Å²) in [5.41, 5.74) is 0. The summed E-state index contributed by atoms with van der Waals surface area (Å²) in [5.74, 6) is 0. The van der Waals surface area contributed by atoms with E-state index in [-0.39, 0.29) is 0 Å². The molecule has 0 radical (unpaired) electrons. The van der Waals surface area contributed by atoms with Gasteiger partial charge in [-0.3, -0.25) is 9.80 Å². The number of morpholine rings is 1. The lowest BCUT2D eigenvalue weighted by molar-refractivity contribution is -0.00644. The lowest BCUT2D eigenvalue weighted by atomic mass is 10.0. The normalized spacial score (nSPS) is 31.0. The third kappa shape index (κ3) is 2.92. The van der Waals surface area contributed by atoms with Crippen LogP contribution in [0.4, 0.5) is 0 Å². The molecular weight excluding hydrogens is 188 g/mol. The highest BCUT2D eigenvalue weighted by Crippen LogP contribution is 2.18. The summed E-state index contributed by atoms with van der Waals surface area (Å²) >= 11 is 0. The van der Waals surface area contributed by atoms with E-state index in [1.54, 1.807) is 0 Å². The average Bonchev–Trinajstić information content (AvgIpc) is 2.30. The van der Waals surface area contributed by atoms with Crippen LogP contribution in [0.25, 0.3) is 0 Å². The predicted octanol–water partition coefficient (Wildman–Crippen LogP) is 1.19. The SMILES string of the molecule is CC(C)N1CCCC(N2CCOCC2)C1. The van der Waals surface area contributed by atoms with E-state index in [4.69, 9.17) is 4.74 Å². The first kappa shape index (κ1) is 11.4. The zero-order valence-electron chi connectivity index (χ0n) is 10.1. The number of likely N-dealkylation sites (tertiary alicyclic amines) is 1. The topological polar surface area (TPSA) is 15.7 Å². The molecule has 0 aromatic rings. The van der Waals surface area contributed by atoms with E-state index in [9.17, 15) is 0 Å². The average molecular weight is 212 g/mol. The largest absolute Gasteiger partial charge is 0.379 e. The molecule has 0 N–H and O–H groups in total. The second-order valence-electron chi connectivity index (χ2n) is 5.03. The Hall–Kier alpha value is -0.120. The molecule has 0 aliphatic carbocycles. The van der Waals surface area contributed by atoms with Crippen molar-refractivity contribution in [3.63, 3.8) is 0 Å². The zero-order chi connectivity index (χ0) is 10.7. The van der Waals surface area contributed by atoms with Gasteiger partial charge < -0.3 is 4.74 Å². The van der Waals surface area contributed by atoms with Crippen LogP contribution in [0.1, 0.15) is 26.7 Å². The maximum atomic E-state index is 5.41. The minimum absolute atomic E-state index is 0.703. The van der Waals surface area contributed by atoms with Crippen molar-refractivity contribution >= 4 is 0 Å². The van der Waals surface area contributed by atoms with E-state index < -0.39 is 0 Å². The number of hydrogen-bond acceptors (Lipinski definition) is 3. The number of piperidine rings is 1. The van der Waals surface area contributed by atoms with Crippen LogP contribution in [0.3, 0.4) is 0 Å². The van der Waals surface area contributed by atoms with E-state index in [1.165, 1.54) is 25.9 Å². The molecular formula is C12H24N2O. The molecule has 0 aromatic carbocycles. The minimum Gasteiger partial charge on any atom is -0.379 e. The van der Waals surface area contributed by atoms with E-state index in [0.29, 0.717) is 6.04 Å². The molecule has 0 bridgehead atoms. The molecule has 0 amide bonds. The lowest BCUT2D eigenvalue weighted by Crippen LogP contribution is -2.52. The summed E-state index contributed by atoms with van der Waals surface area (Å²) < 4.78 is 5.41. The zero-order valence-corrected chi connectivity index (χ0v) is 10.1. The summed E-state index contributed by atoms with van der Waals surface area (Å²) in [6.45, 7) is 11.3. The first-order valence-corrected chi connectivity index (χ1v) is 6.33. The molecule has 2 saturated heterocycles. The van der Waals surface area contributed by atoms with Crippen LogP contribution in [-0.2, 0) is 4.74 Å². The van der Waals surface area contributed by atoms with Crippen LogP contribution >= 0.6 is 0 Å². The number of hydrogen-bond donors (Lipinski definition) is 0. The fourth-order valence-corrected chi connectivity index (χ4v) is 2.69. The maximum absolute atomic E-state index is 5.41. The summed E-state index contributed by atoms with van der Waals surface area (Å²) in [6.07, 6.45) is 2.74. The lowest BCUT2D eigenvalue weighted by Gasteiger charge is -2.42. The van der Waals surface area contributed by atoms with Crippen LogP contribution in [0, 0.1) is 0 Å². The fraction of sp³-hybridized carbons (Fsp3) is 1.00. The van der Waals surface area contributed by atoms with Gasteiger partial charge in [-0.15, -0.1) is 0 Å². The molecule has 2 rings (SSSR count). The van der Waals surface area contributed by atoms with E-state index >= 15 is 0 Å². The van der Waals surface area contributed by atoms with Gasteiger partial charge in [-0.1, -0.05) is 0 Å². The molecule has 15 heavy (non-hydrogen) atoms. The molecule has 2 fully saturated rings. The first-order valence-electron chi connectivity index (χ1n) is 6.33. The molecule has 0 spiro atoms. The van der Waals surface area contributed by atoms with Gasteiger partial charge in [0.15, 0.2) is 0 Å². The second-order valence-corrected chi connectivity index (χ2v) is 5.03. The van der Waals surface area contributed by atoms with Crippen molar-refractivity contribution in [2.24, 2.45) is 0 Å². The van der Waals surface area contributed by atoms with E-state index in [1.807, 2.05) is 0 Å². The Kier molecular flexibility index (Phi) is 4.00. The summed E-state index contributed by atoms with van der Waals surface area (Å²) in [6, 6.07) is 1.49. The number of ether oxygens (including phenoxy) is 1. The Balaban J connectivity index is 1.85. The predicted molar refractivity (Wildman–Crippen MR) is 62.1 cm³/mol. The molecule has 0 aromatic heterocycles. The number of nitrogens with zero attached hydrogens (tertiary/aromatic N) is 2. The first-order chi connectivity index (χ1) is 7.27. The summed E-state index contributed by atoms with van der Waals surface area (Å²) in [4.78, 5) is 5.24. The van der Waals surface area contributed by atoms with Crippen molar-refractivity contribution in [2.45, 2.75) is 38.8 Å². The molecule has 2 heterocycles. The van der Waals surface area contributed by atoms with E-state index in [2.05, 4.69) is 23.6 Å². The molecule has 3 nitrogen and oxygen atoms in total. The molecule has 88 valence electrons. The van der Waals surface area contributed by atoms with Gasteiger partial charge in [0.2, 0.25) is 0 Å². The van der Waals surface area contributed by atoms with Crippen molar-refractivity contribution in [2.75, 3.05) is 39.4 Å². The highest BCUT2D eigenvalue weighted by Gasteiger charge is 2.27. The monoisotopic (exact) mass is 212 g/mol. The van der Waals surface area contributed by atoms with Gasteiger partial charge in [-0.2, -0.15) is 0 Å². The van der Waals surface area contributed by atoms with Crippen LogP contribution in [-0.4, -0.2) is 61.3 Å². The van der Waals surface area contributed by atoms with Crippen LogP contribution < -0.4 is 0 Å². The standard InChI is InChI=1S/C12H24N2O/c1-11(2)14-5-3-4-12(10-14)13-6-8-15-9-7-13/h11-12H,3-10H2,1-2H3. The molecule has 1 atom stereocenters. The third-order valence-corrected chi connectivity index (χ3v) is 3.72. The molecule has 2 aliphatic heterocycles. The third-order valence-electron chi connectivity index (χ3n) is 3.72. The van der Waals surface area contributed by atoms with Crippen LogP contribution in [0.5, 0.6) is 0 Å². The quantitative estimate of drug-likeness (QED) is 0.684. The minimum atomic E-state index is 0.703. The Bertz CT molecular complexity index is 190. The highest BCUT2D eigenvalue weighted by molar-refractivity contribution is 4.83. The Morgan fingerprint density at radius 1 is 1.13 bits per heavy atom. The Morgan fingerprint density at radius 2 is 1.87 bits per heavy atom. The van der Waals surface area contributed by atoms with Gasteiger partial charge in [0.1, 0.15) is 0 Å². The number of rotatable bonds is 2. The van der Waals surface area contributed by atoms with Crippen LogP contribution in [0.15, 0.2) is 0 Å². The maximum Gasteiger partial charge on any atom is 0.0594 e. The van der Waals surface area contributed by atoms with Crippen molar-refractivity contribution in [1.29, 1.82) is 0 Å². The van der Waals surface area contributed by atoms with Crippen molar-refractivity contribution in [1.82, 2.24) is 9.80 Å². The Morgan fingerprint density at radius 3 is 2.53 bits per heavy atom. The van der Waals surface area contributed by atoms with Gasteiger partial charge >= 0.3 is 0 Å². The molecule has 3 heteroatoms. The van der Waals surface area contributed by atoms with Gasteiger partial charge in [0.05, 0.1) is 13.2 Å². The van der Waals surface area contributed by atoms with Gasteiger partial charge in [-0.05, 0) is 33.2 Å². The Labute approximate surface area is 93.4 Å². The smallest absolute Gasteiger partial charge is 0.0594 e. The second kappa shape index (κ2) is 5.28. The highest BCUT2D eigenvalue weighted by atomic mass is 16.5. The van der Waals surface area contributed by atoms with E-state index in [0.717, 1.165) is 32.3 Å². The molecule has 2 aliphatic rings. The summed E-state index contributed by atoms with van der Waals surface area (Å²) in [5, 5.41) is 0. The van der Waals surface area contributed by atoms with Crippen molar-refractivity contribution < 1.29 is 4.74 Å². The van der Waals surface area contributed by atoms with Gasteiger partial charge in [0, 0.05) is 31.7 Å². The van der Waals surface area contributed by atoms with Gasteiger partial charge in [-0.25, -0.2) is 0 Å². The fourth-order valence-electron chi connectivity index (χ4n) is 2.69. The molecule has 1 unspecified atom stereocenters. The van der Waals surface area contributed by atoms with Crippen LogP contribution in [0.2, 0.25) is 0 Å². The van der Waals surface area contributed by atoms with Crippen molar-refractivity contribution in [3.05, 3.63) is 0 Å². The van der Waals surface area contributed by atoms with Crippen molar-refractivity contribution in [3.8, 4) is 0 Å². The molecule has 0 saturated carbocycles.